The first kappa shape index (κ1) is 13.7. The largest absolute Gasteiger partial charge is 0.367 e. The molecule has 2 aromatic rings. The van der Waals surface area contributed by atoms with E-state index in [-0.39, 0.29) is 16.5 Å². The molecule has 0 aliphatic heterocycles. The summed E-state index contributed by atoms with van der Waals surface area (Å²) < 4.78 is 13.5. The molecular formula is C14H15ClFN3. The van der Waals surface area contributed by atoms with E-state index in [2.05, 4.69) is 29.1 Å². The normalized spacial score (nSPS) is 11.4. The molecule has 0 amide bonds. The molecule has 0 spiro atoms. The first-order valence-corrected chi connectivity index (χ1v) is 6.34. The van der Waals surface area contributed by atoms with Crippen molar-refractivity contribution in [2.75, 3.05) is 11.9 Å². The Morgan fingerprint density at radius 2 is 1.95 bits per heavy atom. The molecule has 0 saturated carbocycles. The Hall–Kier alpha value is -1.68. The van der Waals surface area contributed by atoms with Gasteiger partial charge in [-0.05, 0) is 17.2 Å². The number of nitrogens with one attached hydrogen (secondary N) is 1. The van der Waals surface area contributed by atoms with Crippen molar-refractivity contribution in [3.05, 3.63) is 53.2 Å². The number of hydrogen-bond donors (Lipinski definition) is 1. The number of anilines is 1. The Balaban J connectivity index is 2.12. The Labute approximate surface area is 116 Å². The lowest BCUT2D eigenvalue weighted by Crippen LogP contribution is -2.28. The van der Waals surface area contributed by atoms with Gasteiger partial charge in [0.2, 0.25) is 5.28 Å². The maximum Gasteiger partial charge on any atom is 0.224 e. The van der Waals surface area contributed by atoms with Crippen molar-refractivity contribution in [1.82, 2.24) is 9.97 Å². The first-order valence-electron chi connectivity index (χ1n) is 5.96. The van der Waals surface area contributed by atoms with Crippen LogP contribution < -0.4 is 5.32 Å². The summed E-state index contributed by atoms with van der Waals surface area (Å²) in [6.07, 6.45) is 1.06. The molecule has 0 aliphatic rings. The van der Waals surface area contributed by atoms with Crippen molar-refractivity contribution in [1.29, 1.82) is 0 Å². The first-order chi connectivity index (χ1) is 8.99. The molecule has 1 N–H and O–H groups in total. The number of benzene rings is 1. The van der Waals surface area contributed by atoms with Crippen molar-refractivity contribution < 1.29 is 4.39 Å². The van der Waals surface area contributed by atoms with Gasteiger partial charge in [-0.2, -0.15) is 4.98 Å². The van der Waals surface area contributed by atoms with Crippen LogP contribution in [0.3, 0.4) is 0 Å². The van der Waals surface area contributed by atoms with Crippen LogP contribution >= 0.6 is 11.6 Å². The third kappa shape index (κ3) is 3.41. The molecule has 19 heavy (non-hydrogen) atoms. The standard InChI is InChI=1S/C14H15ClFN3/c1-14(2,10-6-4-3-5-7-10)9-18-12-11(16)8-17-13(15)19-12/h3-8H,9H2,1-2H3,(H,17,18,19). The van der Waals surface area contributed by atoms with Gasteiger partial charge in [0.15, 0.2) is 11.6 Å². The van der Waals surface area contributed by atoms with E-state index in [0.29, 0.717) is 6.54 Å². The second-order valence-electron chi connectivity index (χ2n) is 4.94. The average Bonchev–Trinajstić information content (AvgIpc) is 2.41. The van der Waals surface area contributed by atoms with Crippen molar-refractivity contribution in [2.24, 2.45) is 0 Å². The monoisotopic (exact) mass is 279 g/mol. The molecule has 1 heterocycles. The summed E-state index contributed by atoms with van der Waals surface area (Å²) in [6.45, 7) is 4.70. The van der Waals surface area contributed by atoms with E-state index >= 15 is 0 Å². The van der Waals surface area contributed by atoms with E-state index in [1.165, 1.54) is 5.56 Å². The van der Waals surface area contributed by atoms with Crippen LogP contribution in [0.1, 0.15) is 19.4 Å². The van der Waals surface area contributed by atoms with Gasteiger partial charge in [0.05, 0.1) is 6.20 Å². The zero-order valence-corrected chi connectivity index (χ0v) is 11.6. The number of hydrogen-bond acceptors (Lipinski definition) is 3. The number of rotatable bonds is 4. The molecule has 0 fully saturated rings. The fourth-order valence-electron chi connectivity index (χ4n) is 1.77. The van der Waals surface area contributed by atoms with Gasteiger partial charge in [0.1, 0.15) is 0 Å². The molecule has 0 aliphatic carbocycles. The smallest absolute Gasteiger partial charge is 0.224 e. The molecule has 2 rings (SSSR count). The summed E-state index contributed by atoms with van der Waals surface area (Å²) >= 11 is 5.65. The van der Waals surface area contributed by atoms with Gasteiger partial charge in [0.25, 0.3) is 0 Å². The summed E-state index contributed by atoms with van der Waals surface area (Å²) in [5.41, 5.74) is 1.02. The fourth-order valence-corrected chi connectivity index (χ4v) is 1.90. The SMILES string of the molecule is CC(C)(CNc1nc(Cl)ncc1F)c1ccccc1. The molecule has 1 aromatic heterocycles. The molecule has 0 unspecified atom stereocenters. The van der Waals surface area contributed by atoms with Gasteiger partial charge in [0, 0.05) is 12.0 Å². The van der Waals surface area contributed by atoms with Crippen LogP contribution in [0.15, 0.2) is 36.5 Å². The number of aromatic nitrogens is 2. The third-order valence-corrected chi connectivity index (χ3v) is 3.15. The van der Waals surface area contributed by atoms with Crippen molar-refractivity contribution >= 4 is 17.4 Å². The molecular weight excluding hydrogens is 265 g/mol. The zero-order valence-electron chi connectivity index (χ0n) is 10.8. The summed E-state index contributed by atoms with van der Waals surface area (Å²) in [5, 5.41) is 3.01. The Morgan fingerprint density at radius 1 is 1.26 bits per heavy atom. The number of nitrogens with zero attached hydrogens (tertiary/aromatic N) is 2. The molecule has 0 radical (unpaired) electrons. The summed E-state index contributed by atoms with van der Waals surface area (Å²) in [7, 11) is 0. The number of halogens is 2. The lowest BCUT2D eigenvalue weighted by molar-refractivity contribution is 0.550. The van der Waals surface area contributed by atoms with Crippen molar-refractivity contribution in [3.8, 4) is 0 Å². The molecule has 5 heteroatoms. The quantitative estimate of drug-likeness (QED) is 0.868. The van der Waals surface area contributed by atoms with E-state index in [1.807, 2.05) is 30.3 Å². The lowest BCUT2D eigenvalue weighted by Gasteiger charge is -2.26. The zero-order chi connectivity index (χ0) is 13.9. The van der Waals surface area contributed by atoms with Crippen LogP contribution in [-0.4, -0.2) is 16.5 Å². The van der Waals surface area contributed by atoms with Gasteiger partial charge in [-0.15, -0.1) is 0 Å². The summed E-state index contributed by atoms with van der Waals surface area (Å²) in [4.78, 5) is 7.42. The van der Waals surface area contributed by atoms with Crippen LogP contribution in [0.2, 0.25) is 5.28 Å². The van der Waals surface area contributed by atoms with Crippen LogP contribution in [0.5, 0.6) is 0 Å². The van der Waals surface area contributed by atoms with Gasteiger partial charge in [-0.3, -0.25) is 0 Å². The lowest BCUT2D eigenvalue weighted by atomic mass is 9.84. The predicted molar refractivity (Wildman–Crippen MR) is 75.0 cm³/mol. The fraction of sp³-hybridized carbons (Fsp3) is 0.286. The van der Waals surface area contributed by atoms with Crippen molar-refractivity contribution in [3.63, 3.8) is 0 Å². The molecule has 0 saturated heterocycles. The highest BCUT2D eigenvalue weighted by molar-refractivity contribution is 6.28. The third-order valence-electron chi connectivity index (χ3n) is 2.97. The molecule has 0 bridgehead atoms. The highest BCUT2D eigenvalue weighted by atomic mass is 35.5. The van der Waals surface area contributed by atoms with Gasteiger partial charge >= 0.3 is 0 Å². The van der Waals surface area contributed by atoms with Gasteiger partial charge < -0.3 is 5.32 Å². The topological polar surface area (TPSA) is 37.8 Å². The molecule has 0 atom stereocenters. The minimum atomic E-state index is -0.506. The van der Waals surface area contributed by atoms with Crippen LogP contribution in [0.25, 0.3) is 0 Å². The van der Waals surface area contributed by atoms with E-state index < -0.39 is 5.82 Å². The van der Waals surface area contributed by atoms with Gasteiger partial charge in [-0.1, -0.05) is 44.2 Å². The van der Waals surface area contributed by atoms with E-state index in [4.69, 9.17) is 11.6 Å². The predicted octanol–water partition coefficient (Wildman–Crippen LogP) is 3.66. The molecule has 1 aromatic carbocycles. The summed E-state index contributed by atoms with van der Waals surface area (Å²) in [5.74, 6) is -0.378. The van der Waals surface area contributed by atoms with Crippen molar-refractivity contribution in [2.45, 2.75) is 19.3 Å². The van der Waals surface area contributed by atoms with E-state index in [1.54, 1.807) is 0 Å². The van der Waals surface area contributed by atoms with E-state index in [0.717, 1.165) is 6.20 Å². The molecule has 3 nitrogen and oxygen atoms in total. The van der Waals surface area contributed by atoms with E-state index in [9.17, 15) is 4.39 Å². The minimum Gasteiger partial charge on any atom is -0.367 e. The highest BCUT2D eigenvalue weighted by Gasteiger charge is 2.21. The Morgan fingerprint density at radius 3 is 2.63 bits per heavy atom. The molecule has 100 valence electrons. The average molecular weight is 280 g/mol. The second kappa shape index (κ2) is 5.53. The maximum atomic E-state index is 13.5. The van der Waals surface area contributed by atoms with Crippen LogP contribution in [0, 0.1) is 5.82 Å². The maximum absolute atomic E-state index is 13.5. The second-order valence-corrected chi connectivity index (χ2v) is 5.28. The summed E-state index contributed by atoms with van der Waals surface area (Å²) in [6, 6.07) is 10.0. The Bertz CT molecular complexity index is 558. The highest BCUT2D eigenvalue weighted by Crippen LogP contribution is 2.23. The van der Waals surface area contributed by atoms with Crippen LogP contribution in [0.4, 0.5) is 10.2 Å². The minimum absolute atomic E-state index is 0.0291. The Kier molecular flexibility index (Phi) is 4.00. The van der Waals surface area contributed by atoms with Gasteiger partial charge in [-0.25, -0.2) is 9.37 Å². The van der Waals surface area contributed by atoms with Crippen LogP contribution in [-0.2, 0) is 5.41 Å².